The number of fused-ring (bicyclic) bond motifs is 1. The van der Waals surface area contributed by atoms with Gasteiger partial charge in [0.1, 0.15) is 30.8 Å². The van der Waals surface area contributed by atoms with E-state index in [4.69, 9.17) is 13.9 Å². The molecule has 1 amide bonds. The third kappa shape index (κ3) is 3.63. The van der Waals surface area contributed by atoms with Crippen molar-refractivity contribution >= 4 is 23.1 Å². The van der Waals surface area contributed by atoms with Gasteiger partial charge in [0, 0.05) is 11.3 Å². The van der Waals surface area contributed by atoms with Gasteiger partial charge in [0.15, 0.2) is 11.5 Å². The zero-order chi connectivity index (χ0) is 24.0. The fraction of sp³-hybridized carbons (Fsp3) is 0.259. The maximum absolute atomic E-state index is 13.2. The number of hydrogen-bond acceptors (Lipinski definition) is 6. The highest BCUT2D eigenvalue weighted by Gasteiger charge is 2.48. The monoisotopic (exact) mass is 459 g/mol. The van der Waals surface area contributed by atoms with Crippen LogP contribution in [-0.2, 0) is 15.0 Å². The van der Waals surface area contributed by atoms with Crippen molar-refractivity contribution in [1.82, 2.24) is 0 Å². The fourth-order valence-corrected chi connectivity index (χ4v) is 4.28. The van der Waals surface area contributed by atoms with Crippen molar-refractivity contribution in [3.05, 3.63) is 83.3 Å². The van der Waals surface area contributed by atoms with Crippen molar-refractivity contribution in [3.63, 3.8) is 0 Å². The molecule has 7 heteroatoms. The molecule has 2 aliphatic rings. The van der Waals surface area contributed by atoms with Crippen LogP contribution in [0.25, 0.3) is 5.76 Å². The van der Waals surface area contributed by atoms with Gasteiger partial charge in [0.05, 0.1) is 11.8 Å². The number of furan rings is 1. The maximum atomic E-state index is 13.2. The van der Waals surface area contributed by atoms with Gasteiger partial charge < -0.3 is 19.0 Å². The largest absolute Gasteiger partial charge is 0.507 e. The number of aliphatic hydroxyl groups is 1. The Bertz CT molecular complexity index is 1280. The van der Waals surface area contributed by atoms with Crippen molar-refractivity contribution in [2.45, 2.75) is 32.2 Å². The molecule has 2 aromatic carbocycles. The van der Waals surface area contributed by atoms with Crippen molar-refractivity contribution in [3.8, 4) is 11.5 Å². The van der Waals surface area contributed by atoms with Crippen molar-refractivity contribution < 1.29 is 28.6 Å². The molecule has 5 rings (SSSR count). The van der Waals surface area contributed by atoms with Crippen LogP contribution in [0.5, 0.6) is 11.5 Å². The highest BCUT2D eigenvalue weighted by molar-refractivity contribution is 6.51. The van der Waals surface area contributed by atoms with Gasteiger partial charge in [-0.15, -0.1) is 0 Å². The van der Waals surface area contributed by atoms with Gasteiger partial charge >= 0.3 is 0 Å². The molecule has 1 fully saturated rings. The van der Waals surface area contributed by atoms with Crippen LogP contribution in [0.15, 0.2) is 70.9 Å². The average molecular weight is 459 g/mol. The predicted molar refractivity (Wildman–Crippen MR) is 126 cm³/mol. The summed E-state index contributed by atoms with van der Waals surface area (Å²) in [6.45, 7) is 7.13. The predicted octanol–water partition coefficient (Wildman–Crippen LogP) is 4.97. The molecule has 0 saturated carbocycles. The van der Waals surface area contributed by atoms with Crippen LogP contribution in [-0.4, -0.2) is 30.0 Å². The number of nitrogens with zero attached hydrogens (tertiary/aromatic N) is 1. The minimum Gasteiger partial charge on any atom is -0.507 e. The number of anilines is 1. The van der Waals surface area contributed by atoms with Gasteiger partial charge in [-0.2, -0.15) is 0 Å². The number of hydrogen-bond donors (Lipinski definition) is 1. The Balaban J connectivity index is 1.63. The molecule has 34 heavy (non-hydrogen) atoms. The second kappa shape index (κ2) is 8.09. The summed E-state index contributed by atoms with van der Waals surface area (Å²) in [5, 5.41) is 11.2. The van der Waals surface area contributed by atoms with Crippen LogP contribution < -0.4 is 14.4 Å². The Kier molecular flexibility index (Phi) is 5.20. The number of aliphatic hydroxyl groups excluding tert-OH is 1. The van der Waals surface area contributed by atoms with Gasteiger partial charge in [-0.05, 0) is 53.4 Å². The maximum Gasteiger partial charge on any atom is 0.300 e. The van der Waals surface area contributed by atoms with E-state index in [0.717, 1.165) is 5.56 Å². The third-order valence-electron chi connectivity index (χ3n) is 6.08. The Morgan fingerprint density at radius 2 is 1.68 bits per heavy atom. The molecule has 0 aliphatic carbocycles. The lowest BCUT2D eigenvalue weighted by atomic mass is 9.87. The van der Waals surface area contributed by atoms with E-state index >= 15 is 0 Å². The Morgan fingerprint density at radius 3 is 2.32 bits per heavy atom. The van der Waals surface area contributed by atoms with Gasteiger partial charge in [-0.1, -0.05) is 32.9 Å². The molecule has 7 nitrogen and oxygen atoms in total. The van der Waals surface area contributed by atoms with Crippen LogP contribution in [0.3, 0.4) is 0 Å². The first-order chi connectivity index (χ1) is 16.3. The lowest BCUT2D eigenvalue weighted by Crippen LogP contribution is -2.29. The Morgan fingerprint density at radius 1 is 0.971 bits per heavy atom. The Labute approximate surface area is 197 Å². The highest BCUT2D eigenvalue weighted by Crippen LogP contribution is 2.43. The van der Waals surface area contributed by atoms with E-state index in [2.05, 4.69) is 20.8 Å². The SMILES string of the molecule is CC(C)(C)c1ccc(N2C(=O)C(=O)/C(=C(\O)c3ccc4c(c3)OCCO4)C2c2ccco2)cc1. The van der Waals surface area contributed by atoms with Gasteiger partial charge in [0.25, 0.3) is 11.7 Å². The van der Waals surface area contributed by atoms with Crippen LogP contribution >= 0.6 is 0 Å². The summed E-state index contributed by atoms with van der Waals surface area (Å²) in [5.74, 6) is -0.414. The van der Waals surface area contributed by atoms with E-state index in [1.165, 1.54) is 11.2 Å². The second-order valence-electron chi connectivity index (χ2n) is 9.34. The van der Waals surface area contributed by atoms with E-state index < -0.39 is 17.7 Å². The summed E-state index contributed by atoms with van der Waals surface area (Å²) >= 11 is 0. The fourth-order valence-electron chi connectivity index (χ4n) is 4.28. The quantitative estimate of drug-likeness (QED) is 0.338. The normalized spacial score (nSPS) is 19.5. The van der Waals surface area contributed by atoms with Crippen molar-refractivity contribution in [1.29, 1.82) is 0 Å². The molecule has 1 atom stereocenters. The lowest BCUT2D eigenvalue weighted by Gasteiger charge is -2.25. The van der Waals surface area contributed by atoms with E-state index in [-0.39, 0.29) is 16.7 Å². The topological polar surface area (TPSA) is 89.2 Å². The van der Waals surface area contributed by atoms with Gasteiger partial charge in [-0.25, -0.2) is 0 Å². The zero-order valence-corrected chi connectivity index (χ0v) is 19.2. The minimum atomic E-state index is -0.913. The number of Topliss-reactive ketones (excluding diaryl/α,β-unsaturated/α-hetero) is 1. The van der Waals surface area contributed by atoms with Crippen LogP contribution in [0.4, 0.5) is 5.69 Å². The molecule has 174 valence electrons. The van der Waals surface area contributed by atoms with Gasteiger partial charge in [0.2, 0.25) is 0 Å². The van der Waals surface area contributed by atoms with Crippen LogP contribution in [0, 0.1) is 0 Å². The zero-order valence-electron chi connectivity index (χ0n) is 19.2. The molecule has 0 bridgehead atoms. The summed E-state index contributed by atoms with van der Waals surface area (Å²) < 4.78 is 16.8. The summed E-state index contributed by atoms with van der Waals surface area (Å²) in [6.07, 6.45) is 1.47. The average Bonchev–Trinajstić information content (AvgIpc) is 3.45. The van der Waals surface area contributed by atoms with E-state index in [1.807, 2.05) is 24.3 Å². The molecule has 3 heterocycles. The van der Waals surface area contributed by atoms with E-state index in [0.29, 0.717) is 41.7 Å². The summed E-state index contributed by atoms with van der Waals surface area (Å²) in [6, 6.07) is 14.9. The number of ketones is 1. The Hall–Kier alpha value is -4.00. The lowest BCUT2D eigenvalue weighted by molar-refractivity contribution is -0.132. The standard InChI is InChI=1S/C27H25NO6/c1-27(2,3)17-7-9-18(10-8-17)28-23(20-5-4-12-32-20)22(25(30)26(28)31)24(29)16-6-11-19-21(15-16)34-14-13-33-19/h4-12,15,23,29H,13-14H2,1-3H3/b24-22-. The number of carbonyl (C=O) groups excluding carboxylic acids is 2. The van der Waals surface area contributed by atoms with Crippen molar-refractivity contribution in [2.24, 2.45) is 0 Å². The first kappa shape index (κ1) is 21.8. The molecule has 0 spiro atoms. The molecule has 1 N–H and O–H groups in total. The first-order valence-corrected chi connectivity index (χ1v) is 11.1. The smallest absolute Gasteiger partial charge is 0.300 e. The molecule has 3 aromatic rings. The molecule has 1 unspecified atom stereocenters. The molecule has 1 aromatic heterocycles. The number of carbonyl (C=O) groups is 2. The molecule has 1 saturated heterocycles. The van der Waals surface area contributed by atoms with Gasteiger partial charge in [-0.3, -0.25) is 14.5 Å². The van der Waals surface area contributed by atoms with Crippen molar-refractivity contribution in [2.75, 3.05) is 18.1 Å². The number of amides is 1. The minimum absolute atomic E-state index is 0.0449. The highest BCUT2D eigenvalue weighted by atomic mass is 16.6. The number of ether oxygens (including phenoxy) is 2. The second-order valence-corrected chi connectivity index (χ2v) is 9.34. The summed E-state index contributed by atoms with van der Waals surface area (Å²) in [4.78, 5) is 27.8. The van der Waals surface area contributed by atoms with Crippen LogP contribution in [0.1, 0.15) is 43.7 Å². The first-order valence-electron chi connectivity index (χ1n) is 11.1. The van der Waals surface area contributed by atoms with Crippen LogP contribution in [0.2, 0.25) is 0 Å². The third-order valence-corrected chi connectivity index (χ3v) is 6.08. The van der Waals surface area contributed by atoms with E-state index in [9.17, 15) is 14.7 Å². The molecule has 2 aliphatic heterocycles. The number of rotatable bonds is 3. The molecular weight excluding hydrogens is 434 g/mol. The molecular formula is C27H25NO6. The van der Waals surface area contributed by atoms with E-state index in [1.54, 1.807) is 30.3 Å². The molecule has 0 radical (unpaired) electrons. The summed E-state index contributed by atoms with van der Waals surface area (Å²) in [7, 11) is 0. The summed E-state index contributed by atoms with van der Waals surface area (Å²) in [5.41, 5.74) is 1.88. The number of benzene rings is 2.